The summed E-state index contributed by atoms with van der Waals surface area (Å²) in [5, 5.41) is 3.26. The molecule has 0 saturated carbocycles. The van der Waals surface area contributed by atoms with E-state index in [0.29, 0.717) is 18.3 Å². The zero-order valence-corrected chi connectivity index (χ0v) is 10.2. The monoisotopic (exact) mass is 257 g/mol. The van der Waals surface area contributed by atoms with E-state index in [0.717, 1.165) is 19.5 Å². The fourth-order valence-electron chi connectivity index (χ4n) is 1.76. The number of primary amides is 1. The van der Waals surface area contributed by atoms with Gasteiger partial charge in [0, 0.05) is 18.7 Å². The lowest BCUT2D eigenvalue weighted by Crippen LogP contribution is -2.19. The molecule has 1 atom stereocenters. The fourth-order valence-corrected chi connectivity index (χ4v) is 1.76. The molecule has 0 aromatic carbocycles. The first-order chi connectivity index (χ1) is 7.77. The molecule has 1 unspecified atom stereocenters. The third-order valence-electron chi connectivity index (χ3n) is 2.64. The van der Waals surface area contributed by atoms with E-state index in [9.17, 15) is 4.79 Å². The van der Waals surface area contributed by atoms with Crippen molar-refractivity contribution in [3.63, 3.8) is 0 Å². The molecule has 2 heterocycles. The molecule has 6 heteroatoms. The van der Waals surface area contributed by atoms with Crippen molar-refractivity contribution in [2.45, 2.75) is 6.42 Å². The Bertz CT molecular complexity index is 381. The van der Waals surface area contributed by atoms with Crippen molar-refractivity contribution in [1.82, 2.24) is 10.3 Å². The van der Waals surface area contributed by atoms with Crippen molar-refractivity contribution in [2.24, 2.45) is 11.7 Å². The third kappa shape index (κ3) is 3.57. The Hall–Kier alpha value is -1.33. The second-order valence-corrected chi connectivity index (χ2v) is 3.88. The molecular weight excluding hydrogens is 242 g/mol. The number of rotatable bonds is 4. The van der Waals surface area contributed by atoms with Crippen molar-refractivity contribution in [2.75, 3.05) is 19.7 Å². The van der Waals surface area contributed by atoms with Crippen LogP contribution < -0.4 is 15.8 Å². The molecule has 0 aliphatic carbocycles. The van der Waals surface area contributed by atoms with Gasteiger partial charge in [0.15, 0.2) is 11.4 Å². The number of nitrogens with two attached hydrogens (primary N) is 1. The molecule has 1 aromatic heterocycles. The van der Waals surface area contributed by atoms with Crippen molar-refractivity contribution in [1.29, 1.82) is 0 Å². The first kappa shape index (κ1) is 13.7. The van der Waals surface area contributed by atoms with Crippen molar-refractivity contribution >= 4 is 18.3 Å². The van der Waals surface area contributed by atoms with Crippen LogP contribution in [0.15, 0.2) is 18.3 Å². The molecule has 5 nitrogen and oxygen atoms in total. The van der Waals surface area contributed by atoms with Gasteiger partial charge in [0.05, 0.1) is 6.61 Å². The summed E-state index contributed by atoms with van der Waals surface area (Å²) < 4.78 is 5.58. The van der Waals surface area contributed by atoms with E-state index in [4.69, 9.17) is 10.5 Å². The summed E-state index contributed by atoms with van der Waals surface area (Å²) in [5.41, 5.74) is 5.41. The number of carbonyl (C=O) groups excluding carboxylic acids is 1. The highest BCUT2D eigenvalue weighted by molar-refractivity contribution is 5.93. The van der Waals surface area contributed by atoms with Crippen LogP contribution >= 0.6 is 12.4 Å². The summed E-state index contributed by atoms with van der Waals surface area (Å²) in [6.07, 6.45) is 2.64. The van der Waals surface area contributed by atoms with Crippen LogP contribution in [-0.4, -0.2) is 30.6 Å². The zero-order chi connectivity index (χ0) is 11.4. The van der Waals surface area contributed by atoms with E-state index >= 15 is 0 Å². The van der Waals surface area contributed by atoms with Crippen LogP contribution in [0.5, 0.6) is 5.75 Å². The first-order valence-electron chi connectivity index (χ1n) is 5.35. The Labute approximate surface area is 106 Å². The van der Waals surface area contributed by atoms with Crippen molar-refractivity contribution < 1.29 is 9.53 Å². The van der Waals surface area contributed by atoms with Gasteiger partial charge in [0.1, 0.15) is 0 Å². The highest BCUT2D eigenvalue weighted by Crippen LogP contribution is 2.17. The average Bonchev–Trinajstić information content (AvgIpc) is 2.79. The largest absolute Gasteiger partial charge is 0.491 e. The van der Waals surface area contributed by atoms with E-state index in [1.165, 1.54) is 6.20 Å². The number of pyridine rings is 1. The summed E-state index contributed by atoms with van der Waals surface area (Å²) in [5.74, 6) is 0.419. The second-order valence-electron chi connectivity index (χ2n) is 3.88. The molecule has 17 heavy (non-hydrogen) atoms. The molecule has 0 spiro atoms. The molecule has 1 fully saturated rings. The second kappa shape index (κ2) is 6.42. The van der Waals surface area contributed by atoms with E-state index in [1.54, 1.807) is 12.1 Å². The topological polar surface area (TPSA) is 77.2 Å². The highest BCUT2D eigenvalue weighted by Gasteiger charge is 2.17. The van der Waals surface area contributed by atoms with Gasteiger partial charge in [0.2, 0.25) is 0 Å². The van der Waals surface area contributed by atoms with Gasteiger partial charge in [-0.3, -0.25) is 4.79 Å². The van der Waals surface area contributed by atoms with Crippen molar-refractivity contribution in [3.8, 4) is 5.75 Å². The summed E-state index contributed by atoms with van der Waals surface area (Å²) >= 11 is 0. The predicted octanol–water partition coefficient (Wildman–Crippen LogP) is 0.591. The summed E-state index contributed by atoms with van der Waals surface area (Å²) in [7, 11) is 0. The molecule has 0 radical (unpaired) electrons. The molecule has 94 valence electrons. The number of halogens is 1. The molecule has 3 N–H and O–H groups in total. The minimum Gasteiger partial charge on any atom is -0.491 e. The van der Waals surface area contributed by atoms with Crippen LogP contribution in [0.4, 0.5) is 0 Å². The van der Waals surface area contributed by atoms with Crippen LogP contribution in [-0.2, 0) is 0 Å². The van der Waals surface area contributed by atoms with E-state index in [2.05, 4.69) is 10.3 Å². The Morgan fingerprint density at radius 2 is 2.47 bits per heavy atom. The third-order valence-corrected chi connectivity index (χ3v) is 2.64. The van der Waals surface area contributed by atoms with Gasteiger partial charge in [-0.1, -0.05) is 0 Å². The number of hydrogen-bond donors (Lipinski definition) is 2. The molecule has 1 saturated heterocycles. The Morgan fingerprint density at radius 3 is 3.12 bits per heavy atom. The molecule has 2 rings (SSSR count). The minimum atomic E-state index is -0.555. The maximum Gasteiger partial charge on any atom is 0.271 e. The zero-order valence-electron chi connectivity index (χ0n) is 9.39. The quantitative estimate of drug-likeness (QED) is 0.828. The number of ether oxygens (including phenoxy) is 1. The smallest absolute Gasteiger partial charge is 0.271 e. The van der Waals surface area contributed by atoms with Crippen LogP contribution in [0.3, 0.4) is 0 Å². The molecule has 1 aliphatic rings. The van der Waals surface area contributed by atoms with Crippen molar-refractivity contribution in [3.05, 3.63) is 24.0 Å². The molecule has 1 aliphatic heterocycles. The average molecular weight is 258 g/mol. The molecule has 1 aromatic rings. The maximum absolute atomic E-state index is 11.1. The maximum atomic E-state index is 11.1. The summed E-state index contributed by atoms with van der Waals surface area (Å²) in [6.45, 7) is 2.59. The van der Waals surface area contributed by atoms with E-state index in [1.807, 2.05) is 0 Å². The lowest BCUT2D eigenvalue weighted by Gasteiger charge is -2.12. The Kier molecular flexibility index (Phi) is 5.18. The van der Waals surface area contributed by atoms with Gasteiger partial charge < -0.3 is 15.8 Å². The van der Waals surface area contributed by atoms with Crippen LogP contribution in [0.1, 0.15) is 16.9 Å². The predicted molar refractivity (Wildman–Crippen MR) is 66.5 cm³/mol. The fraction of sp³-hybridized carbons (Fsp3) is 0.455. The van der Waals surface area contributed by atoms with Gasteiger partial charge in [-0.25, -0.2) is 4.98 Å². The minimum absolute atomic E-state index is 0. The van der Waals surface area contributed by atoms with Gasteiger partial charge in [-0.05, 0) is 25.1 Å². The number of amides is 1. The van der Waals surface area contributed by atoms with Gasteiger partial charge in [-0.2, -0.15) is 0 Å². The highest BCUT2D eigenvalue weighted by atomic mass is 35.5. The van der Waals surface area contributed by atoms with Crippen LogP contribution in [0.25, 0.3) is 0 Å². The standard InChI is InChI=1S/C11H15N3O2.ClH/c12-11(15)10-9(2-1-4-14-10)16-7-8-3-5-13-6-8;/h1-2,4,8,13H,3,5-7H2,(H2,12,15);1H. The Morgan fingerprint density at radius 1 is 1.65 bits per heavy atom. The van der Waals surface area contributed by atoms with Gasteiger partial charge in [-0.15, -0.1) is 12.4 Å². The van der Waals surface area contributed by atoms with Crippen LogP contribution in [0, 0.1) is 5.92 Å². The molecular formula is C11H16ClN3O2. The lowest BCUT2D eigenvalue weighted by molar-refractivity contribution is 0.0990. The lowest BCUT2D eigenvalue weighted by atomic mass is 10.1. The van der Waals surface area contributed by atoms with Gasteiger partial charge >= 0.3 is 0 Å². The Balaban J connectivity index is 0.00000144. The number of nitrogens with zero attached hydrogens (tertiary/aromatic N) is 1. The summed E-state index contributed by atoms with van der Waals surface area (Å²) in [6, 6.07) is 3.45. The molecule has 1 amide bonds. The molecule has 0 bridgehead atoms. The number of hydrogen-bond acceptors (Lipinski definition) is 4. The SMILES string of the molecule is Cl.NC(=O)c1ncccc1OCC1CCNC1. The number of carbonyl (C=O) groups is 1. The number of aromatic nitrogens is 1. The van der Waals surface area contributed by atoms with E-state index < -0.39 is 5.91 Å². The van der Waals surface area contributed by atoms with Gasteiger partial charge in [0.25, 0.3) is 5.91 Å². The normalized spacial score (nSPS) is 18.5. The van der Waals surface area contributed by atoms with Crippen LogP contribution in [0.2, 0.25) is 0 Å². The summed E-state index contributed by atoms with van der Waals surface area (Å²) in [4.78, 5) is 15.0. The van der Waals surface area contributed by atoms with E-state index in [-0.39, 0.29) is 18.1 Å². The first-order valence-corrected chi connectivity index (χ1v) is 5.35. The number of nitrogens with one attached hydrogen (secondary N) is 1.